The van der Waals surface area contributed by atoms with Gasteiger partial charge in [0, 0.05) is 64.2 Å². The highest BCUT2D eigenvalue weighted by molar-refractivity contribution is 6.14. The molecule has 2 aliphatic heterocycles. The van der Waals surface area contributed by atoms with E-state index < -0.39 is 0 Å². The maximum atomic E-state index is 5.54. The first-order valence-electron chi connectivity index (χ1n) is 21.6. The molecule has 1 saturated heterocycles. The minimum absolute atomic E-state index is 0.321. The minimum Gasteiger partial charge on any atom is -0.364 e. The van der Waals surface area contributed by atoms with Crippen molar-refractivity contribution in [3.05, 3.63) is 180 Å². The second kappa shape index (κ2) is 14.4. The van der Waals surface area contributed by atoms with Crippen LogP contribution >= 0.6 is 0 Å². The van der Waals surface area contributed by atoms with Crippen molar-refractivity contribution in [1.82, 2.24) is 9.47 Å². The van der Waals surface area contributed by atoms with E-state index in [4.69, 9.17) is 4.99 Å². The van der Waals surface area contributed by atoms with E-state index >= 15 is 0 Å². The van der Waals surface area contributed by atoms with Gasteiger partial charge in [0.1, 0.15) is 5.84 Å². The van der Waals surface area contributed by atoms with Crippen LogP contribution in [0.15, 0.2) is 179 Å². The van der Waals surface area contributed by atoms with Gasteiger partial charge >= 0.3 is 0 Å². The van der Waals surface area contributed by atoms with Crippen LogP contribution in [0.5, 0.6) is 0 Å². The number of benzene rings is 2. The fraction of sp³-hybridized carbons (Fsp3) is 0.340. The SMILES string of the molecule is C1=CCCC(C2C=CC=C(N3C4C=CCCC4C4C=CC(c5ccc6c(c5)c5ccccc5n6C5=NC(C6C=CC=CC6)=CC(C6=CC=CCC6)C5)CC43)C2)=C1. The molecule has 1 fully saturated rings. The lowest BCUT2D eigenvalue weighted by atomic mass is 9.75. The first kappa shape index (κ1) is 34.1. The standard InChI is InChI=1S/C53H53N3/c1-4-15-36(16-5-1)39-21-14-22-43(31-39)55-49-25-12-10-23-44(49)46-29-27-41(34-52(46)55)40-28-30-51-47(32-40)45-24-11-13-26-50(45)56(51)53-35-42(37-17-6-2-7-18-37)33-48(54-53)38-19-8-3-9-20-38/h1-4,6,8-9,11-15,17,19,21-22,24-30,32-33,38-39,41-42,44,46,49,52H,5,7,10,16,18,20,23,31,34-35H2. The van der Waals surface area contributed by atoms with Crippen molar-refractivity contribution in [2.45, 2.75) is 82.2 Å². The lowest BCUT2D eigenvalue weighted by molar-refractivity contribution is 0.229. The van der Waals surface area contributed by atoms with Gasteiger partial charge in [0.05, 0.1) is 17.1 Å². The molecule has 8 aliphatic rings. The number of aliphatic imine (C=N–C) groups is 1. The molecule has 3 aromatic rings. The molecule has 6 aliphatic carbocycles. The van der Waals surface area contributed by atoms with E-state index in [-0.39, 0.29) is 0 Å². The van der Waals surface area contributed by atoms with Crippen LogP contribution in [-0.2, 0) is 0 Å². The van der Waals surface area contributed by atoms with E-state index in [9.17, 15) is 0 Å². The Balaban J connectivity index is 0.946. The largest absolute Gasteiger partial charge is 0.364 e. The van der Waals surface area contributed by atoms with Crippen LogP contribution in [0.3, 0.4) is 0 Å². The molecule has 0 bridgehead atoms. The van der Waals surface area contributed by atoms with Crippen LogP contribution in [0, 0.1) is 29.6 Å². The lowest BCUT2D eigenvalue weighted by Crippen LogP contribution is -2.39. The van der Waals surface area contributed by atoms with Gasteiger partial charge in [-0.05, 0) is 93.5 Å². The van der Waals surface area contributed by atoms with E-state index in [2.05, 4.69) is 161 Å². The predicted octanol–water partition coefficient (Wildman–Crippen LogP) is 12.8. The lowest BCUT2D eigenvalue weighted by Gasteiger charge is -2.39. The predicted molar refractivity (Wildman–Crippen MR) is 234 cm³/mol. The van der Waals surface area contributed by atoms with E-state index in [0.717, 1.165) is 32.1 Å². The van der Waals surface area contributed by atoms with E-state index in [1.165, 1.54) is 76.6 Å². The molecule has 56 heavy (non-hydrogen) atoms. The summed E-state index contributed by atoms with van der Waals surface area (Å²) in [5.74, 6) is 4.08. The summed E-state index contributed by atoms with van der Waals surface area (Å²) in [4.78, 5) is 8.44. The van der Waals surface area contributed by atoms with Crippen molar-refractivity contribution in [2.24, 2.45) is 34.6 Å². The molecular formula is C53H53N3. The van der Waals surface area contributed by atoms with Crippen LogP contribution in [0.4, 0.5) is 0 Å². The smallest absolute Gasteiger partial charge is 0.114 e. The fourth-order valence-electron chi connectivity index (χ4n) is 11.6. The van der Waals surface area contributed by atoms with Crippen molar-refractivity contribution < 1.29 is 0 Å². The summed E-state index contributed by atoms with van der Waals surface area (Å²) in [7, 11) is 0. The Morgan fingerprint density at radius 1 is 0.625 bits per heavy atom. The van der Waals surface area contributed by atoms with Crippen LogP contribution in [0.25, 0.3) is 21.8 Å². The Morgan fingerprint density at radius 2 is 1.46 bits per heavy atom. The summed E-state index contributed by atoms with van der Waals surface area (Å²) < 4.78 is 2.51. The Hall–Kier alpha value is -5.15. The third-order valence-electron chi connectivity index (χ3n) is 14.3. The Kier molecular flexibility index (Phi) is 8.78. The molecule has 0 saturated carbocycles. The monoisotopic (exact) mass is 731 g/mol. The maximum absolute atomic E-state index is 5.54. The van der Waals surface area contributed by atoms with Crippen LogP contribution in [0.2, 0.25) is 0 Å². The van der Waals surface area contributed by atoms with Crippen LogP contribution < -0.4 is 0 Å². The van der Waals surface area contributed by atoms with Gasteiger partial charge in [-0.3, -0.25) is 4.57 Å². The van der Waals surface area contributed by atoms with Gasteiger partial charge in [-0.1, -0.05) is 139 Å². The Labute approximate surface area is 332 Å². The average Bonchev–Trinajstić information content (AvgIpc) is 3.79. The number of rotatable bonds is 5. The number of hydrogen-bond donors (Lipinski definition) is 0. The molecule has 3 heterocycles. The molecule has 3 nitrogen and oxygen atoms in total. The van der Waals surface area contributed by atoms with E-state index in [1.54, 1.807) is 11.3 Å². The van der Waals surface area contributed by atoms with Crippen LogP contribution in [-0.4, -0.2) is 27.4 Å². The highest BCUT2D eigenvalue weighted by atomic mass is 15.2. The molecule has 0 amide bonds. The van der Waals surface area contributed by atoms with Crippen LogP contribution in [0.1, 0.15) is 75.7 Å². The zero-order valence-electron chi connectivity index (χ0n) is 32.5. The van der Waals surface area contributed by atoms with Crippen molar-refractivity contribution in [3.8, 4) is 0 Å². The van der Waals surface area contributed by atoms with Crippen molar-refractivity contribution in [1.29, 1.82) is 0 Å². The molecule has 3 heteroatoms. The number of hydrogen-bond acceptors (Lipinski definition) is 2. The Bertz CT molecular complexity index is 2440. The third-order valence-corrected chi connectivity index (χ3v) is 14.3. The summed E-state index contributed by atoms with van der Waals surface area (Å²) in [6.45, 7) is 0. The number of allylic oxidation sites excluding steroid dienone is 19. The number of aromatic nitrogens is 1. The zero-order valence-corrected chi connectivity index (χ0v) is 32.5. The second-order valence-electron chi connectivity index (χ2n) is 17.4. The van der Waals surface area contributed by atoms with Gasteiger partial charge in [0.15, 0.2) is 0 Å². The molecule has 0 N–H and O–H groups in total. The number of likely N-dealkylation sites (tertiary alicyclic amines) is 1. The van der Waals surface area contributed by atoms with Crippen molar-refractivity contribution in [3.63, 3.8) is 0 Å². The first-order valence-corrected chi connectivity index (χ1v) is 21.6. The maximum Gasteiger partial charge on any atom is 0.114 e. The summed E-state index contributed by atoms with van der Waals surface area (Å²) in [5, 5.41) is 2.68. The molecule has 8 unspecified atom stereocenters. The quantitative estimate of drug-likeness (QED) is 0.239. The van der Waals surface area contributed by atoms with Gasteiger partial charge in [-0.15, -0.1) is 0 Å². The molecule has 8 atom stereocenters. The van der Waals surface area contributed by atoms with Crippen molar-refractivity contribution >= 4 is 27.6 Å². The molecule has 11 rings (SSSR count). The normalized spacial score (nSPS) is 31.9. The zero-order chi connectivity index (χ0) is 37.0. The summed E-state index contributed by atoms with van der Waals surface area (Å²) >= 11 is 0. The van der Waals surface area contributed by atoms with Gasteiger partial charge < -0.3 is 4.90 Å². The average molecular weight is 732 g/mol. The highest BCUT2D eigenvalue weighted by Crippen LogP contribution is 2.51. The van der Waals surface area contributed by atoms with Crippen molar-refractivity contribution in [2.75, 3.05) is 0 Å². The summed E-state index contributed by atoms with van der Waals surface area (Å²) in [5.41, 5.74) is 9.89. The summed E-state index contributed by atoms with van der Waals surface area (Å²) in [6, 6.07) is 17.5. The minimum atomic E-state index is 0.321. The summed E-state index contributed by atoms with van der Waals surface area (Å²) in [6.07, 6.45) is 54.3. The van der Waals surface area contributed by atoms with E-state index in [0.29, 0.717) is 47.6 Å². The molecule has 2 aromatic carbocycles. The third kappa shape index (κ3) is 5.97. The topological polar surface area (TPSA) is 20.5 Å². The van der Waals surface area contributed by atoms with Gasteiger partial charge in [-0.2, -0.15) is 0 Å². The first-order chi connectivity index (χ1) is 27.8. The van der Waals surface area contributed by atoms with Gasteiger partial charge in [-0.25, -0.2) is 4.99 Å². The van der Waals surface area contributed by atoms with E-state index in [1.807, 2.05) is 0 Å². The molecule has 0 spiro atoms. The molecular weight excluding hydrogens is 679 g/mol. The highest BCUT2D eigenvalue weighted by Gasteiger charge is 2.49. The van der Waals surface area contributed by atoms with Gasteiger partial charge in [0.2, 0.25) is 0 Å². The Morgan fingerprint density at radius 3 is 2.30 bits per heavy atom. The van der Waals surface area contributed by atoms with Gasteiger partial charge in [0.25, 0.3) is 0 Å². The number of para-hydroxylation sites is 1. The second-order valence-corrected chi connectivity index (χ2v) is 17.4. The fourth-order valence-corrected chi connectivity index (χ4v) is 11.6. The molecule has 280 valence electrons. The number of fused-ring (bicyclic) bond motifs is 6. The molecule has 1 aromatic heterocycles. The molecule has 0 radical (unpaired) electrons. The number of nitrogens with zero attached hydrogens (tertiary/aromatic N) is 3.